The molecule has 5 nitrogen and oxygen atoms in total. The Morgan fingerprint density at radius 3 is 2.75 bits per heavy atom. The highest BCUT2D eigenvalue weighted by molar-refractivity contribution is 5.98. The Bertz CT molecular complexity index is 384. The van der Waals surface area contributed by atoms with Crippen molar-refractivity contribution in [2.45, 2.75) is 6.42 Å². The van der Waals surface area contributed by atoms with Gasteiger partial charge in [0.05, 0.1) is 5.56 Å². The molecule has 0 aliphatic carbocycles. The molecule has 1 aromatic carbocycles. The van der Waals surface area contributed by atoms with Gasteiger partial charge in [0.25, 0.3) is 5.91 Å². The van der Waals surface area contributed by atoms with E-state index in [9.17, 15) is 9.18 Å². The summed E-state index contributed by atoms with van der Waals surface area (Å²) in [7, 11) is 0. The second kappa shape index (κ2) is 5.43. The van der Waals surface area contributed by atoms with Gasteiger partial charge in [-0.2, -0.15) is 0 Å². The minimum absolute atomic E-state index is 0.0458. The van der Waals surface area contributed by atoms with Crippen LogP contribution in [0.4, 0.5) is 10.1 Å². The number of carbonyl (C=O) groups excluding carboxylic acids is 1. The molecule has 88 valence electrons. The lowest BCUT2D eigenvalue weighted by molar-refractivity contribution is 0.0746. The van der Waals surface area contributed by atoms with Crippen molar-refractivity contribution >= 4 is 11.6 Å². The van der Waals surface area contributed by atoms with Crippen molar-refractivity contribution in [1.82, 2.24) is 5.01 Å². The zero-order valence-electron chi connectivity index (χ0n) is 8.69. The number of hydrazine groups is 1. The molecule has 6 heteroatoms. The number of hydrogen-bond donors (Lipinski definition) is 3. The van der Waals surface area contributed by atoms with Crippen LogP contribution in [0.15, 0.2) is 18.2 Å². The summed E-state index contributed by atoms with van der Waals surface area (Å²) in [5, 5.41) is 9.53. The van der Waals surface area contributed by atoms with Gasteiger partial charge < -0.3 is 10.8 Å². The average molecular weight is 227 g/mol. The van der Waals surface area contributed by atoms with E-state index in [1.165, 1.54) is 6.07 Å². The van der Waals surface area contributed by atoms with Crippen LogP contribution in [0, 0.1) is 5.82 Å². The first kappa shape index (κ1) is 12.4. The molecule has 1 rings (SSSR count). The first-order chi connectivity index (χ1) is 7.56. The van der Waals surface area contributed by atoms with Gasteiger partial charge in [-0.15, -0.1) is 0 Å². The SMILES string of the molecule is Nc1cc(F)ccc1C(=O)N(N)CCCO. The molecule has 0 aliphatic heterocycles. The van der Waals surface area contributed by atoms with Gasteiger partial charge in [0, 0.05) is 18.8 Å². The Balaban J connectivity index is 2.79. The van der Waals surface area contributed by atoms with Crippen LogP contribution in [-0.2, 0) is 0 Å². The lowest BCUT2D eigenvalue weighted by Gasteiger charge is -2.16. The molecule has 0 bridgehead atoms. The molecule has 0 aromatic heterocycles. The summed E-state index contributed by atoms with van der Waals surface area (Å²) >= 11 is 0. The van der Waals surface area contributed by atoms with Crippen LogP contribution in [0.25, 0.3) is 0 Å². The van der Waals surface area contributed by atoms with Crippen molar-refractivity contribution in [3.05, 3.63) is 29.6 Å². The Kier molecular flexibility index (Phi) is 4.21. The zero-order valence-corrected chi connectivity index (χ0v) is 8.69. The predicted molar refractivity (Wildman–Crippen MR) is 57.7 cm³/mol. The molecular formula is C10H14FN3O2. The topological polar surface area (TPSA) is 92.6 Å². The molecule has 0 heterocycles. The molecule has 0 spiro atoms. The number of hydrogen-bond acceptors (Lipinski definition) is 4. The molecule has 1 amide bonds. The van der Waals surface area contributed by atoms with Crippen LogP contribution in [0.2, 0.25) is 0 Å². The van der Waals surface area contributed by atoms with Crippen LogP contribution in [0.3, 0.4) is 0 Å². The van der Waals surface area contributed by atoms with Crippen LogP contribution < -0.4 is 11.6 Å². The molecule has 0 radical (unpaired) electrons. The highest BCUT2D eigenvalue weighted by atomic mass is 19.1. The molecule has 0 saturated carbocycles. The van der Waals surface area contributed by atoms with Crippen molar-refractivity contribution in [1.29, 1.82) is 0 Å². The van der Waals surface area contributed by atoms with E-state index in [-0.39, 0.29) is 24.4 Å². The number of carbonyl (C=O) groups is 1. The third kappa shape index (κ3) is 2.91. The fraction of sp³-hybridized carbons (Fsp3) is 0.300. The molecular weight excluding hydrogens is 213 g/mol. The van der Waals surface area contributed by atoms with Crippen LogP contribution in [0.1, 0.15) is 16.8 Å². The smallest absolute Gasteiger partial charge is 0.269 e. The van der Waals surface area contributed by atoms with Crippen LogP contribution >= 0.6 is 0 Å². The summed E-state index contributed by atoms with van der Waals surface area (Å²) in [5.41, 5.74) is 5.70. The third-order valence-corrected chi connectivity index (χ3v) is 2.06. The van der Waals surface area contributed by atoms with Gasteiger partial charge in [0.1, 0.15) is 5.82 Å². The summed E-state index contributed by atoms with van der Waals surface area (Å²) in [6.45, 7) is 0.159. The minimum atomic E-state index is -0.507. The predicted octanol–water partition coefficient (Wildman–Crippen LogP) is 0.106. The minimum Gasteiger partial charge on any atom is -0.398 e. The van der Waals surface area contributed by atoms with Gasteiger partial charge in [0.15, 0.2) is 0 Å². The monoisotopic (exact) mass is 227 g/mol. The first-order valence-corrected chi connectivity index (χ1v) is 4.78. The molecule has 0 fully saturated rings. The quantitative estimate of drug-likeness (QED) is 0.294. The van der Waals surface area contributed by atoms with Gasteiger partial charge in [-0.3, -0.25) is 9.80 Å². The second-order valence-corrected chi connectivity index (χ2v) is 3.31. The molecule has 16 heavy (non-hydrogen) atoms. The molecule has 1 aromatic rings. The lowest BCUT2D eigenvalue weighted by Crippen LogP contribution is -2.38. The standard InChI is InChI=1S/C10H14FN3O2/c11-7-2-3-8(9(12)6-7)10(16)14(13)4-1-5-15/h2-3,6,15H,1,4-5,12-13H2. The maximum Gasteiger partial charge on any atom is 0.269 e. The summed E-state index contributed by atoms with van der Waals surface area (Å²) in [6.07, 6.45) is 0.378. The average Bonchev–Trinajstić information content (AvgIpc) is 2.25. The highest BCUT2D eigenvalue weighted by Crippen LogP contribution is 2.14. The van der Waals surface area contributed by atoms with E-state index >= 15 is 0 Å². The van der Waals surface area contributed by atoms with Gasteiger partial charge in [-0.05, 0) is 24.6 Å². The van der Waals surface area contributed by atoms with Gasteiger partial charge in [-0.1, -0.05) is 0 Å². The fourth-order valence-corrected chi connectivity index (χ4v) is 1.23. The van der Waals surface area contributed by atoms with Gasteiger partial charge in [-0.25, -0.2) is 10.2 Å². The number of aliphatic hydroxyl groups is 1. The van der Waals surface area contributed by atoms with Crippen molar-refractivity contribution < 1.29 is 14.3 Å². The van der Waals surface area contributed by atoms with Gasteiger partial charge >= 0.3 is 0 Å². The number of aliphatic hydroxyl groups excluding tert-OH is 1. The maximum atomic E-state index is 12.7. The highest BCUT2D eigenvalue weighted by Gasteiger charge is 2.15. The van der Waals surface area contributed by atoms with Crippen molar-refractivity contribution in [3.63, 3.8) is 0 Å². The Labute approximate surface area is 92.4 Å². The summed E-state index contributed by atoms with van der Waals surface area (Å²) in [5.74, 6) is 4.46. The summed E-state index contributed by atoms with van der Waals surface area (Å²) < 4.78 is 12.7. The Morgan fingerprint density at radius 2 is 2.19 bits per heavy atom. The number of nitrogens with zero attached hydrogens (tertiary/aromatic N) is 1. The molecule has 5 N–H and O–H groups in total. The lowest BCUT2D eigenvalue weighted by atomic mass is 10.1. The van der Waals surface area contributed by atoms with E-state index in [0.717, 1.165) is 17.1 Å². The van der Waals surface area contributed by atoms with E-state index in [4.69, 9.17) is 16.7 Å². The number of rotatable bonds is 4. The van der Waals surface area contributed by atoms with E-state index < -0.39 is 11.7 Å². The van der Waals surface area contributed by atoms with Crippen LogP contribution in [0.5, 0.6) is 0 Å². The normalized spacial score (nSPS) is 10.2. The molecule has 0 saturated heterocycles. The van der Waals surface area contributed by atoms with Crippen molar-refractivity contribution in [3.8, 4) is 0 Å². The summed E-state index contributed by atoms with van der Waals surface area (Å²) in [6, 6.07) is 3.49. The molecule has 0 unspecified atom stereocenters. The zero-order chi connectivity index (χ0) is 12.1. The van der Waals surface area contributed by atoms with E-state index in [2.05, 4.69) is 0 Å². The van der Waals surface area contributed by atoms with E-state index in [1.807, 2.05) is 0 Å². The third-order valence-electron chi connectivity index (χ3n) is 2.06. The number of benzene rings is 1. The van der Waals surface area contributed by atoms with E-state index in [1.54, 1.807) is 0 Å². The molecule has 0 aliphatic rings. The number of anilines is 1. The number of amides is 1. The maximum absolute atomic E-state index is 12.7. The Morgan fingerprint density at radius 1 is 1.50 bits per heavy atom. The largest absolute Gasteiger partial charge is 0.398 e. The number of nitrogens with two attached hydrogens (primary N) is 2. The van der Waals surface area contributed by atoms with E-state index in [0.29, 0.717) is 6.42 Å². The first-order valence-electron chi connectivity index (χ1n) is 4.78. The molecule has 0 atom stereocenters. The fourth-order valence-electron chi connectivity index (χ4n) is 1.23. The van der Waals surface area contributed by atoms with Crippen molar-refractivity contribution in [2.24, 2.45) is 5.84 Å². The van der Waals surface area contributed by atoms with Gasteiger partial charge in [0.2, 0.25) is 0 Å². The Hall–Kier alpha value is -1.66. The second-order valence-electron chi connectivity index (χ2n) is 3.31. The van der Waals surface area contributed by atoms with Crippen molar-refractivity contribution in [2.75, 3.05) is 18.9 Å². The summed E-state index contributed by atoms with van der Waals surface area (Å²) in [4.78, 5) is 11.7. The number of nitrogen functional groups attached to an aromatic ring is 1. The van der Waals surface area contributed by atoms with Crippen LogP contribution in [-0.4, -0.2) is 29.2 Å². The number of halogens is 1.